The van der Waals surface area contributed by atoms with Gasteiger partial charge in [-0.1, -0.05) is 17.7 Å². The van der Waals surface area contributed by atoms with E-state index < -0.39 is 0 Å². The molecule has 0 bridgehead atoms. The van der Waals surface area contributed by atoms with Crippen LogP contribution in [0.2, 0.25) is 0 Å². The smallest absolute Gasteiger partial charge is 0.246 e. The number of nitrogens with one attached hydrogen (secondary N) is 1. The summed E-state index contributed by atoms with van der Waals surface area (Å²) < 4.78 is 7.63. The van der Waals surface area contributed by atoms with Crippen molar-refractivity contribution < 1.29 is 9.53 Å². The molecule has 0 radical (unpaired) electrons. The average Bonchev–Trinajstić information content (AvgIpc) is 3.10. The van der Waals surface area contributed by atoms with Gasteiger partial charge in [0.05, 0.1) is 18.4 Å². The maximum atomic E-state index is 12.6. The van der Waals surface area contributed by atoms with Crippen LogP contribution in [0.3, 0.4) is 0 Å². The summed E-state index contributed by atoms with van der Waals surface area (Å²) in [7, 11) is 3.57. The fraction of sp³-hybridized carbons (Fsp3) is 0.450. The van der Waals surface area contributed by atoms with E-state index in [1.807, 2.05) is 56.3 Å². The van der Waals surface area contributed by atoms with Crippen molar-refractivity contribution in [2.45, 2.75) is 20.0 Å². The highest BCUT2D eigenvalue weighted by molar-refractivity contribution is 14.0. The van der Waals surface area contributed by atoms with Crippen molar-refractivity contribution in [1.82, 2.24) is 20.0 Å². The van der Waals surface area contributed by atoms with Crippen LogP contribution in [0.25, 0.3) is 0 Å². The first-order chi connectivity index (χ1) is 13.5. The number of ether oxygens (including phenoxy) is 1. The second kappa shape index (κ2) is 10.5. The van der Waals surface area contributed by atoms with Crippen LogP contribution < -0.4 is 15.0 Å². The Hall–Kier alpha value is -2.30. The van der Waals surface area contributed by atoms with Crippen LogP contribution in [-0.2, 0) is 11.8 Å². The molecule has 0 saturated carbocycles. The van der Waals surface area contributed by atoms with Crippen LogP contribution in [0.15, 0.2) is 41.7 Å². The molecule has 1 aromatic carbocycles. The number of piperazine rings is 1. The molecular formula is C20H29IN6O2. The Morgan fingerprint density at radius 2 is 2.03 bits per heavy atom. The first-order valence-corrected chi connectivity index (χ1v) is 9.44. The number of halogens is 1. The molecule has 29 heavy (non-hydrogen) atoms. The van der Waals surface area contributed by atoms with Crippen LogP contribution in [-0.4, -0.2) is 65.9 Å². The van der Waals surface area contributed by atoms with Crippen molar-refractivity contribution in [3.63, 3.8) is 0 Å². The Bertz CT molecular complexity index is 836. The van der Waals surface area contributed by atoms with Crippen molar-refractivity contribution in [3.05, 3.63) is 42.2 Å². The highest BCUT2D eigenvalue weighted by atomic mass is 127. The Morgan fingerprint density at radius 3 is 2.62 bits per heavy atom. The molecule has 1 saturated heterocycles. The van der Waals surface area contributed by atoms with Crippen molar-refractivity contribution in [2.24, 2.45) is 12.0 Å². The lowest BCUT2D eigenvalue weighted by atomic mass is 10.2. The zero-order valence-electron chi connectivity index (χ0n) is 17.3. The van der Waals surface area contributed by atoms with Crippen molar-refractivity contribution in [1.29, 1.82) is 0 Å². The Kier molecular flexibility index (Phi) is 8.30. The SMILES string of the molecule is CN=C(NCC(C)Oc1ccc(C)cc1)N1CCN(c2cnn(C)c2)C(=O)C1.I. The Labute approximate surface area is 188 Å². The van der Waals surface area contributed by atoms with Gasteiger partial charge in [-0.25, -0.2) is 0 Å². The van der Waals surface area contributed by atoms with Gasteiger partial charge < -0.3 is 19.9 Å². The molecule has 1 fully saturated rings. The number of aliphatic imine (C=N–C) groups is 1. The molecule has 1 amide bonds. The number of aromatic nitrogens is 2. The Morgan fingerprint density at radius 1 is 1.31 bits per heavy atom. The predicted molar refractivity (Wildman–Crippen MR) is 125 cm³/mol. The monoisotopic (exact) mass is 512 g/mol. The van der Waals surface area contributed by atoms with Crippen LogP contribution in [0, 0.1) is 6.92 Å². The second-order valence-corrected chi connectivity index (χ2v) is 7.01. The second-order valence-electron chi connectivity index (χ2n) is 7.01. The number of guanidine groups is 1. The number of hydrogen-bond donors (Lipinski definition) is 1. The van der Waals surface area contributed by atoms with Gasteiger partial charge in [0.1, 0.15) is 18.4 Å². The lowest BCUT2D eigenvalue weighted by molar-refractivity contribution is -0.120. The van der Waals surface area contributed by atoms with Gasteiger partial charge in [-0.3, -0.25) is 14.5 Å². The van der Waals surface area contributed by atoms with E-state index in [1.54, 1.807) is 22.8 Å². The highest BCUT2D eigenvalue weighted by Crippen LogP contribution is 2.16. The fourth-order valence-corrected chi connectivity index (χ4v) is 3.13. The van der Waals surface area contributed by atoms with Gasteiger partial charge in [0, 0.05) is 33.4 Å². The van der Waals surface area contributed by atoms with Crippen LogP contribution in [0.5, 0.6) is 5.75 Å². The van der Waals surface area contributed by atoms with Gasteiger partial charge >= 0.3 is 0 Å². The molecule has 1 N–H and O–H groups in total. The first-order valence-electron chi connectivity index (χ1n) is 9.44. The third kappa shape index (κ3) is 6.09. The van der Waals surface area contributed by atoms with E-state index >= 15 is 0 Å². The summed E-state index contributed by atoms with van der Waals surface area (Å²) in [6, 6.07) is 8.00. The lowest BCUT2D eigenvalue weighted by Crippen LogP contribution is -2.56. The summed E-state index contributed by atoms with van der Waals surface area (Å²) in [5, 5.41) is 7.46. The Balaban J connectivity index is 0.00000300. The molecule has 1 aliphatic rings. The number of anilines is 1. The molecule has 0 aliphatic carbocycles. The molecule has 1 aliphatic heterocycles. The topological polar surface area (TPSA) is 75.0 Å². The largest absolute Gasteiger partial charge is 0.489 e. The minimum atomic E-state index is -0.0353. The highest BCUT2D eigenvalue weighted by Gasteiger charge is 2.27. The number of aryl methyl sites for hydroxylation is 2. The van der Waals surface area contributed by atoms with E-state index in [1.165, 1.54) is 5.56 Å². The van der Waals surface area contributed by atoms with Gasteiger partial charge in [-0.05, 0) is 26.0 Å². The van der Waals surface area contributed by atoms with Crippen LogP contribution >= 0.6 is 24.0 Å². The normalized spacial score (nSPS) is 15.7. The maximum Gasteiger partial charge on any atom is 0.246 e. The van der Waals surface area contributed by atoms with Gasteiger partial charge in [0.25, 0.3) is 0 Å². The summed E-state index contributed by atoms with van der Waals surface area (Å²) in [6.45, 7) is 6.23. The van der Waals surface area contributed by atoms with E-state index in [-0.39, 0.29) is 42.5 Å². The molecule has 1 atom stereocenters. The fourth-order valence-electron chi connectivity index (χ4n) is 3.13. The molecule has 1 aromatic heterocycles. The number of hydrogen-bond acceptors (Lipinski definition) is 4. The number of rotatable bonds is 5. The molecule has 1 unspecified atom stereocenters. The van der Waals surface area contributed by atoms with Gasteiger partial charge in [0.15, 0.2) is 5.96 Å². The van der Waals surface area contributed by atoms with Crippen LogP contribution in [0.1, 0.15) is 12.5 Å². The number of nitrogens with zero attached hydrogens (tertiary/aromatic N) is 5. The lowest BCUT2D eigenvalue weighted by Gasteiger charge is -2.35. The third-order valence-electron chi connectivity index (χ3n) is 4.64. The summed E-state index contributed by atoms with van der Waals surface area (Å²) in [5.74, 6) is 1.58. The molecule has 3 rings (SSSR count). The zero-order chi connectivity index (χ0) is 20.1. The van der Waals surface area contributed by atoms with E-state index in [4.69, 9.17) is 4.74 Å². The quantitative estimate of drug-likeness (QED) is 0.377. The third-order valence-corrected chi connectivity index (χ3v) is 4.64. The molecule has 0 spiro atoms. The molecular weight excluding hydrogens is 483 g/mol. The number of carbonyl (C=O) groups excluding carboxylic acids is 1. The van der Waals surface area contributed by atoms with E-state index in [0.717, 1.165) is 11.4 Å². The van der Waals surface area contributed by atoms with Crippen molar-refractivity contribution in [2.75, 3.05) is 38.1 Å². The number of carbonyl (C=O) groups is 1. The summed E-state index contributed by atoms with van der Waals surface area (Å²) in [5.41, 5.74) is 2.03. The maximum absolute atomic E-state index is 12.6. The van der Waals surface area contributed by atoms with Gasteiger partial charge in [-0.15, -0.1) is 24.0 Å². The number of amides is 1. The van der Waals surface area contributed by atoms with Gasteiger partial charge in [-0.2, -0.15) is 5.10 Å². The average molecular weight is 512 g/mol. The van der Waals surface area contributed by atoms with Crippen molar-refractivity contribution in [3.8, 4) is 5.75 Å². The van der Waals surface area contributed by atoms with E-state index in [2.05, 4.69) is 15.4 Å². The minimum Gasteiger partial charge on any atom is -0.489 e. The zero-order valence-corrected chi connectivity index (χ0v) is 19.7. The predicted octanol–water partition coefficient (Wildman–Crippen LogP) is 2.04. The summed E-state index contributed by atoms with van der Waals surface area (Å²) in [4.78, 5) is 20.6. The van der Waals surface area contributed by atoms with E-state index in [9.17, 15) is 4.79 Å². The first kappa shape index (κ1) is 23.0. The van der Waals surface area contributed by atoms with Crippen LogP contribution in [0.4, 0.5) is 5.69 Å². The van der Waals surface area contributed by atoms with Crippen molar-refractivity contribution >= 4 is 41.5 Å². The molecule has 2 aromatic rings. The molecule has 9 heteroatoms. The summed E-state index contributed by atoms with van der Waals surface area (Å²) in [6.07, 6.45) is 3.53. The molecule has 8 nitrogen and oxygen atoms in total. The standard InChI is InChI=1S/C20H28N6O2.HI/c1-15-5-7-18(8-6-15)28-16(2)11-22-20(21-3)25-9-10-26(19(27)14-25)17-12-23-24(4)13-17;/h5-8,12-13,16H,9-11,14H2,1-4H3,(H,21,22);1H. The van der Waals surface area contributed by atoms with Gasteiger partial charge in [0.2, 0.25) is 5.91 Å². The molecule has 2 heterocycles. The summed E-state index contributed by atoms with van der Waals surface area (Å²) >= 11 is 0. The minimum absolute atomic E-state index is 0. The molecule has 158 valence electrons. The van der Waals surface area contributed by atoms with E-state index in [0.29, 0.717) is 25.6 Å². The number of benzene rings is 1.